The second-order valence-corrected chi connectivity index (χ2v) is 3.82. The van der Waals surface area contributed by atoms with Gasteiger partial charge in [0.05, 0.1) is 5.71 Å². The van der Waals surface area contributed by atoms with Crippen LogP contribution in [0.5, 0.6) is 0 Å². The van der Waals surface area contributed by atoms with Crippen LogP contribution < -0.4 is 0 Å². The molecule has 0 radical (unpaired) electrons. The molecular formula is C12H15NO. The van der Waals surface area contributed by atoms with Gasteiger partial charge >= 0.3 is 0 Å². The summed E-state index contributed by atoms with van der Waals surface area (Å²) in [6, 6.07) is 8.44. The maximum Gasteiger partial charge on any atom is 0.0614 e. The Morgan fingerprint density at radius 3 is 2.50 bits per heavy atom. The standard InChI is InChI=1S/C12H15NO/c14-13-12-8-4-3-6-10-5-1-2-7-11(10)9-12/h1-2,5,7,14H,3-4,6,8-9H2/b13-12+. The number of nitrogens with zero attached hydrogens (tertiary/aromatic N) is 1. The lowest BCUT2D eigenvalue weighted by Crippen LogP contribution is -2.09. The smallest absolute Gasteiger partial charge is 0.0614 e. The predicted octanol–water partition coefficient (Wildman–Crippen LogP) is 2.79. The van der Waals surface area contributed by atoms with E-state index in [1.807, 2.05) is 0 Å². The van der Waals surface area contributed by atoms with Crippen molar-refractivity contribution in [1.29, 1.82) is 0 Å². The van der Waals surface area contributed by atoms with E-state index in [4.69, 9.17) is 5.21 Å². The van der Waals surface area contributed by atoms with Crippen LogP contribution in [0.15, 0.2) is 29.4 Å². The van der Waals surface area contributed by atoms with Gasteiger partial charge in [0.2, 0.25) is 0 Å². The molecular weight excluding hydrogens is 174 g/mol. The van der Waals surface area contributed by atoms with Crippen LogP contribution >= 0.6 is 0 Å². The fraction of sp³-hybridized carbons (Fsp3) is 0.417. The molecule has 2 nitrogen and oxygen atoms in total. The Morgan fingerprint density at radius 2 is 1.71 bits per heavy atom. The molecule has 1 aliphatic rings. The Balaban J connectivity index is 2.30. The lowest BCUT2D eigenvalue weighted by Gasteiger charge is -2.13. The van der Waals surface area contributed by atoms with Gasteiger partial charge in [-0.25, -0.2) is 0 Å². The normalized spacial score (nSPS) is 19.9. The van der Waals surface area contributed by atoms with Gasteiger partial charge in [-0.15, -0.1) is 0 Å². The highest BCUT2D eigenvalue weighted by molar-refractivity contribution is 5.86. The second kappa shape index (κ2) is 4.27. The van der Waals surface area contributed by atoms with Crippen LogP contribution in [0, 0.1) is 0 Å². The molecule has 74 valence electrons. The minimum atomic E-state index is 0.812. The van der Waals surface area contributed by atoms with Crippen LogP contribution in [0.1, 0.15) is 30.4 Å². The molecule has 14 heavy (non-hydrogen) atoms. The third-order valence-electron chi connectivity index (χ3n) is 2.82. The molecule has 1 N–H and O–H groups in total. The summed E-state index contributed by atoms with van der Waals surface area (Å²) in [5, 5.41) is 12.2. The Morgan fingerprint density at radius 1 is 1.00 bits per heavy atom. The van der Waals surface area contributed by atoms with Gasteiger partial charge in [-0.1, -0.05) is 29.4 Å². The molecule has 0 fully saturated rings. The van der Waals surface area contributed by atoms with E-state index in [1.165, 1.54) is 17.5 Å². The fourth-order valence-electron chi connectivity index (χ4n) is 2.01. The zero-order valence-corrected chi connectivity index (χ0v) is 8.24. The largest absolute Gasteiger partial charge is 0.411 e. The van der Waals surface area contributed by atoms with Gasteiger partial charge in [-0.05, 0) is 36.8 Å². The van der Waals surface area contributed by atoms with E-state index in [-0.39, 0.29) is 0 Å². The Kier molecular flexibility index (Phi) is 2.82. The van der Waals surface area contributed by atoms with Gasteiger partial charge in [0.25, 0.3) is 0 Å². The number of fused-ring (bicyclic) bond motifs is 1. The quantitative estimate of drug-likeness (QED) is 0.494. The highest BCUT2D eigenvalue weighted by atomic mass is 16.4. The van der Waals surface area contributed by atoms with Crippen molar-refractivity contribution in [2.24, 2.45) is 5.16 Å². The molecule has 0 spiro atoms. The first-order valence-corrected chi connectivity index (χ1v) is 5.17. The molecule has 2 rings (SSSR count). The molecule has 1 aromatic carbocycles. The number of hydrogen-bond acceptors (Lipinski definition) is 2. The number of hydrogen-bond donors (Lipinski definition) is 1. The van der Waals surface area contributed by atoms with Crippen LogP contribution in [-0.4, -0.2) is 10.9 Å². The van der Waals surface area contributed by atoms with E-state index in [9.17, 15) is 0 Å². The minimum Gasteiger partial charge on any atom is -0.411 e. The van der Waals surface area contributed by atoms with Crippen molar-refractivity contribution in [3.05, 3.63) is 35.4 Å². The lowest BCUT2D eigenvalue weighted by atomic mass is 9.92. The summed E-state index contributed by atoms with van der Waals surface area (Å²) in [5.74, 6) is 0. The fourth-order valence-corrected chi connectivity index (χ4v) is 2.01. The van der Waals surface area contributed by atoms with Gasteiger partial charge in [0.1, 0.15) is 0 Å². The summed E-state index contributed by atoms with van der Waals surface area (Å²) in [7, 11) is 0. The van der Waals surface area contributed by atoms with Crippen molar-refractivity contribution in [2.75, 3.05) is 0 Å². The maximum atomic E-state index is 8.82. The summed E-state index contributed by atoms with van der Waals surface area (Å²) in [5.41, 5.74) is 3.64. The van der Waals surface area contributed by atoms with E-state index in [0.29, 0.717) is 0 Å². The van der Waals surface area contributed by atoms with E-state index in [2.05, 4.69) is 29.4 Å². The average molecular weight is 189 g/mol. The molecule has 0 amide bonds. The van der Waals surface area contributed by atoms with E-state index in [1.54, 1.807) is 0 Å². The Hall–Kier alpha value is -1.31. The van der Waals surface area contributed by atoms with Crippen molar-refractivity contribution < 1.29 is 5.21 Å². The van der Waals surface area contributed by atoms with Gasteiger partial charge in [-0.2, -0.15) is 0 Å². The van der Waals surface area contributed by atoms with Crippen LogP contribution in [0.25, 0.3) is 0 Å². The maximum absolute atomic E-state index is 8.82. The van der Waals surface area contributed by atoms with E-state index < -0.39 is 0 Å². The van der Waals surface area contributed by atoms with E-state index >= 15 is 0 Å². The molecule has 0 saturated heterocycles. The zero-order chi connectivity index (χ0) is 9.80. The highest BCUT2D eigenvalue weighted by Gasteiger charge is 2.10. The van der Waals surface area contributed by atoms with Crippen LogP contribution in [-0.2, 0) is 12.8 Å². The molecule has 1 aliphatic carbocycles. The first kappa shape index (κ1) is 9.25. The molecule has 0 bridgehead atoms. The van der Waals surface area contributed by atoms with Gasteiger partial charge in [-0.3, -0.25) is 0 Å². The summed E-state index contributed by atoms with van der Waals surface area (Å²) < 4.78 is 0. The third kappa shape index (κ3) is 1.95. The second-order valence-electron chi connectivity index (χ2n) is 3.82. The predicted molar refractivity (Wildman–Crippen MR) is 56.9 cm³/mol. The number of oxime groups is 1. The van der Waals surface area contributed by atoms with Crippen molar-refractivity contribution in [2.45, 2.75) is 32.1 Å². The molecule has 0 heterocycles. The van der Waals surface area contributed by atoms with Gasteiger partial charge in [0.15, 0.2) is 0 Å². The SMILES string of the molecule is O/N=C1\CCCCc2ccccc2C1. The van der Waals surface area contributed by atoms with Crippen molar-refractivity contribution in [3.63, 3.8) is 0 Å². The number of rotatable bonds is 0. The molecule has 2 heteroatoms. The molecule has 0 unspecified atom stereocenters. The molecule has 0 aliphatic heterocycles. The third-order valence-corrected chi connectivity index (χ3v) is 2.82. The summed E-state index contributed by atoms with van der Waals surface area (Å²) >= 11 is 0. The minimum absolute atomic E-state index is 0.812. The van der Waals surface area contributed by atoms with Crippen LogP contribution in [0.2, 0.25) is 0 Å². The van der Waals surface area contributed by atoms with Gasteiger partial charge in [0, 0.05) is 6.42 Å². The number of aryl methyl sites for hydroxylation is 1. The first-order valence-electron chi connectivity index (χ1n) is 5.17. The topological polar surface area (TPSA) is 32.6 Å². The Labute approximate surface area is 84.3 Å². The van der Waals surface area contributed by atoms with Crippen LogP contribution in [0.4, 0.5) is 0 Å². The summed E-state index contributed by atoms with van der Waals surface area (Å²) in [4.78, 5) is 0. The van der Waals surface area contributed by atoms with Crippen molar-refractivity contribution in [3.8, 4) is 0 Å². The lowest BCUT2D eigenvalue weighted by molar-refractivity contribution is 0.316. The molecule has 1 aromatic rings. The van der Waals surface area contributed by atoms with Crippen molar-refractivity contribution >= 4 is 5.71 Å². The Bertz CT molecular complexity index is 344. The highest BCUT2D eigenvalue weighted by Crippen LogP contribution is 2.18. The van der Waals surface area contributed by atoms with Crippen LogP contribution in [0.3, 0.4) is 0 Å². The van der Waals surface area contributed by atoms with E-state index in [0.717, 1.165) is 31.4 Å². The molecule has 0 saturated carbocycles. The number of benzene rings is 1. The molecule has 0 aromatic heterocycles. The monoisotopic (exact) mass is 189 g/mol. The van der Waals surface area contributed by atoms with Gasteiger partial charge < -0.3 is 5.21 Å². The summed E-state index contributed by atoms with van der Waals surface area (Å²) in [6.07, 6.45) is 5.23. The first-order chi connectivity index (χ1) is 6.90. The zero-order valence-electron chi connectivity index (χ0n) is 8.24. The summed E-state index contributed by atoms with van der Waals surface area (Å²) in [6.45, 7) is 0. The molecule has 0 atom stereocenters. The average Bonchev–Trinajstić information content (AvgIpc) is 2.19. The van der Waals surface area contributed by atoms with Crippen molar-refractivity contribution in [1.82, 2.24) is 0 Å².